The summed E-state index contributed by atoms with van der Waals surface area (Å²) in [5, 5.41) is 3.34. The number of benzene rings is 1. The molecule has 0 aliphatic rings. The van der Waals surface area contributed by atoms with Crippen LogP contribution >= 0.6 is 54.8 Å². The van der Waals surface area contributed by atoms with Gasteiger partial charge in [-0.05, 0) is 39.5 Å². The van der Waals surface area contributed by atoms with Crippen molar-refractivity contribution in [2.24, 2.45) is 0 Å². The van der Waals surface area contributed by atoms with Crippen LogP contribution in [0.3, 0.4) is 0 Å². The molecule has 0 fully saturated rings. The van der Waals surface area contributed by atoms with Crippen LogP contribution in [0.2, 0.25) is 5.02 Å². The van der Waals surface area contributed by atoms with Gasteiger partial charge >= 0.3 is 0 Å². The number of halogens is 3. The van der Waals surface area contributed by atoms with E-state index in [2.05, 4.69) is 41.8 Å². The Hall–Kier alpha value is -0.690. The molecule has 3 aromatic rings. The average Bonchev–Trinajstić information content (AvgIpc) is 2.76. The fraction of sp³-hybridized carbons (Fsp3) is 0. The Kier molecular flexibility index (Phi) is 3.51. The van der Waals surface area contributed by atoms with Crippen molar-refractivity contribution >= 4 is 71.5 Å². The maximum absolute atomic E-state index is 6.11. The van der Waals surface area contributed by atoms with Crippen molar-refractivity contribution in [3.05, 3.63) is 37.5 Å². The highest BCUT2D eigenvalue weighted by molar-refractivity contribution is 9.11. The molecule has 0 bridgehead atoms. The monoisotopic (exact) mass is 417 g/mol. The molecule has 2 aromatic heterocycles. The molecule has 0 saturated carbocycles. The summed E-state index contributed by atoms with van der Waals surface area (Å²) < 4.78 is 1.78. The van der Waals surface area contributed by atoms with E-state index in [1.54, 1.807) is 0 Å². The van der Waals surface area contributed by atoms with Crippen molar-refractivity contribution in [3.8, 4) is 10.7 Å². The van der Waals surface area contributed by atoms with E-state index in [0.717, 1.165) is 24.7 Å². The highest BCUT2D eigenvalue weighted by Crippen LogP contribution is 2.35. The molecule has 7 heteroatoms. The lowest BCUT2D eigenvalue weighted by Crippen LogP contribution is -1.98. The van der Waals surface area contributed by atoms with Crippen LogP contribution in [0.1, 0.15) is 0 Å². The first-order chi connectivity index (χ1) is 9.06. The first-order valence-corrected chi connectivity index (χ1v) is 8.06. The number of nitrogens with two attached hydrogens (primary N) is 1. The molecule has 96 valence electrons. The molecule has 0 aliphatic carbocycles. The summed E-state index contributed by atoms with van der Waals surface area (Å²) in [6.45, 7) is 0. The van der Waals surface area contributed by atoms with Gasteiger partial charge in [0.1, 0.15) is 5.82 Å². The molecule has 1 aromatic carbocycles. The third-order valence-corrected chi connectivity index (χ3v) is 4.97. The lowest BCUT2D eigenvalue weighted by molar-refractivity contribution is 1.24. The molecule has 0 unspecified atom stereocenters. The topological polar surface area (TPSA) is 51.8 Å². The van der Waals surface area contributed by atoms with Crippen molar-refractivity contribution in [1.29, 1.82) is 0 Å². The number of hydrogen-bond donors (Lipinski definition) is 1. The maximum atomic E-state index is 6.11. The molecule has 2 N–H and O–H groups in total. The number of nitrogens with zero attached hydrogens (tertiary/aromatic N) is 2. The standard InChI is InChI=1S/C12H6Br2ClN3S/c13-5-3-6-9(7(14)4-5)17-12(18-11(6)16)10-8(15)1-2-19-10/h1-4H,(H2,16,17,18). The lowest BCUT2D eigenvalue weighted by atomic mass is 10.2. The van der Waals surface area contributed by atoms with Gasteiger partial charge in [0.2, 0.25) is 0 Å². The summed E-state index contributed by atoms with van der Waals surface area (Å²) in [6.07, 6.45) is 0. The number of anilines is 1. The van der Waals surface area contributed by atoms with Gasteiger partial charge in [-0.2, -0.15) is 0 Å². The second-order valence-electron chi connectivity index (χ2n) is 3.81. The van der Waals surface area contributed by atoms with E-state index in [4.69, 9.17) is 17.3 Å². The predicted molar refractivity (Wildman–Crippen MR) is 87.7 cm³/mol. The van der Waals surface area contributed by atoms with Gasteiger partial charge in [-0.1, -0.05) is 27.5 Å². The second-order valence-corrected chi connectivity index (χ2v) is 6.91. The Morgan fingerprint density at radius 2 is 2.00 bits per heavy atom. The molecule has 3 rings (SSSR count). The van der Waals surface area contributed by atoms with Crippen molar-refractivity contribution in [3.63, 3.8) is 0 Å². The van der Waals surface area contributed by atoms with Crippen LogP contribution in [0.4, 0.5) is 5.82 Å². The Morgan fingerprint density at radius 3 is 2.68 bits per heavy atom. The zero-order valence-corrected chi connectivity index (χ0v) is 14.1. The first-order valence-electron chi connectivity index (χ1n) is 5.22. The summed E-state index contributed by atoms with van der Waals surface area (Å²) >= 11 is 14.5. The molecule has 2 heterocycles. The number of aromatic nitrogens is 2. The molecule has 0 atom stereocenters. The molecule has 19 heavy (non-hydrogen) atoms. The van der Waals surface area contributed by atoms with Gasteiger partial charge in [-0.3, -0.25) is 0 Å². The van der Waals surface area contributed by atoms with Crippen LogP contribution in [0.5, 0.6) is 0 Å². The molecule has 0 aliphatic heterocycles. The third kappa shape index (κ3) is 2.38. The average molecular weight is 420 g/mol. The molecular weight excluding hydrogens is 413 g/mol. The third-order valence-electron chi connectivity index (χ3n) is 2.57. The molecular formula is C12H6Br2ClN3S. The van der Waals surface area contributed by atoms with Gasteiger partial charge in [-0.15, -0.1) is 11.3 Å². The van der Waals surface area contributed by atoms with E-state index in [0.29, 0.717) is 16.7 Å². The van der Waals surface area contributed by atoms with Crippen molar-refractivity contribution in [2.45, 2.75) is 0 Å². The minimum absolute atomic E-state index is 0.437. The summed E-state index contributed by atoms with van der Waals surface area (Å²) in [4.78, 5) is 9.71. The van der Waals surface area contributed by atoms with E-state index in [9.17, 15) is 0 Å². The van der Waals surface area contributed by atoms with E-state index >= 15 is 0 Å². The molecule has 3 nitrogen and oxygen atoms in total. The maximum Gasteiger partial charge on any atom is 0.173 e. The summed E-state index contributed by atoms with van der Waals surface area (Å²) in [7, 11) is 0. The van der Waals surface area contributed by atoms with Crippen LogP contribution < -0.4 is 5.73 Å². The van der Waals surface area contributed by atoms with Crippen LogP contribution in [-0.4, -0.2) is 9.97 Å². The van der Waals surface area contributed by atoms with Crippen molar-refractivity contribution in [2.75, 3.05) is 5.73 Å². The van der Waals surface area contributed by atoms with E-state index in [1.165, 1.54) is 11.3 Å². The number of hydrogen-bond acceptors (Lipinski definition) is 4. The molecule has 0 saturated heterocycles. The Balaban J connectivity index is 2.34. The predicted octanol–water partition coefficient (Wildman–Crippen LogP) is 5.12. The van der Waals surface area contributed by atoms with Gasteiger partial charge in [0.05, 0.1) is 15.4 Å². The van der Waals surface area contributed by atoms with Crippen LogP contribution in [-0.2, 0) is 0 Å². The number of fused-ring (bicyclic) bond motifs is 1. The van der Waals surface area contributed by atoms with E-state index in [-0.39, 0.29) is 0 Å². The zero-order chi connectivity index (χ0) is 13.6. The zero-order valence-electron chi connectivity index (χ0n) is 9.32. The number of rotatable bonds is 1. The fourth-order valence-electron chi connectivity index (χ4n) is 1.73. The normalized spacial score (nSPS) is 11.1. The van der Waals surface area contributed by atoms with Crippen molar-refractivity contribution in [1.82, 2.24) is 9.97 Å². The first kappa shape index (κ1) is 13.3. The Labute approximate surface area is 135 Å². The minimum Gasteiger partial charge on any atom is -0.383 e. The van der Waals surface area contributed by atoms with Gasteiger partial charge in [0.15, 0.2) is 5.82 Å². The molecule has 0 spiro atoms. The largest absolute Gasteiger partial charge is 0.383 e. The Bertz CT molecular complexity index is 788. The fourth-order valence-corrected chi connectivity index (χ4v) is 4.12. The summed E-state index contributed by atoms with van der Waals surface area (Å²) in [6, 6.07) is 5.64. The lowest BCUT2D eigenvalue weighted by Gasteiger charge is -2.07. The summed E-state index contributed by atoms with van der Waals surface area (Å²) in [5.74, 6) is 0.986. The molecule has 0 amide bonds. The second kappa shape index (κ2) is 5.01. The quantitative estimate of drug-likeness (QED) is 0.596. The van der Waals surface area contributed by atoms with Crippen LogP contribution in [0.25, 0.3) is 21.6 Å². The van der Waals surface area contributed by atoms with E-state index < -0.39 is 0 Å². The highest BCUT2D eigenvalue weighted by Gasteiger charge is 2.13. The van der Waals surface area contributed by atoms with Gasteiger partial charge < -0.3 is 5.73 Å². The van der Waals surface area contributed by atoms with Crippen molar-refractivity contribution < 1.29 is 0 Å². The highest BCUT2D eigenvalue weighted by atomic mass is 79.9. The summed E-state index contributed by atoms with van der Waals surface area (Å²) in [5.41, 5.74) is 6.79. The van der Waals surface area contributed by atoms with Gasteiger partial charge in [0.25, 0.3) is 0 Å². The van der Waals surface area contributed by atoms with E-state index in [1.807, 2.05) is 23.6 Å². The SMILES string of the molecule is Nc1nc(-c2sccc2Cl)nc2c(Br)cc(Br)cc12. The van der Waals surface area contributed by atoms with Gasteiger partial charge in [0, 0.05) is 14.3 Å². The van der Waals surface area contributed by atoms with Crippen LogP contribution in [0.15, 0.2) is 32.5 Å². The molecule has 0 radical (unpaired) electrons. The van der Waals surface area contributed by atoms with Crippen LogP contribution in [0, 0.1) is 0 Å². The minimum atomic E-state index is 0.437. The number of thiophene rings is 1. The Morgan fingerprint density at radius 1 is 1.21 bits per heavy atom. The smallest absolute Gasteiger partial charge is 0.173 e. The number of nitrogen functional groups attached to an aromatic ring is 1. The van der Waals surface area contributed by atoms with Gasteiger partial charge in [-0.25, -0.2) is 9.97 Å².